The van der Waals surface area contributed by atoms with E-state index in [4.69, 9.17) is 9.47 Å². The van der Waals surface area contributed by atoms with Crippen LogP contribution in [0.4, 0.5) is 0 Å². The Morgan fingerprint density at radius 2 is 0.929 bits per heavy atom. The molecule has 2 heterocycles. The molecule has 0 spiro atoms. The molecule has 2 nitrogen and oxygen atoms in total. The van der Waals surface area contributed by atoms with Gasteiger partial charge in [-0.05, 0) is 72.5 Å². The summed E-state index contributed by atoms with van der Waals surface area (Å²) in [5.41, 5.74) is 2.35. The molecule has 1 aromatic carbocycles. The van der Waals surface area contributed by atoms with E-state index >= 15 is 0 Å². The second-order valence-corrected chi connectivity index (χ2v) is 14.0. The van der Waals surface area contributed by atoms with Crippen LogP contribution in [0.3, 0.4) is 0 Å². The van der Waals surface area contributed by atoms with Gasteiger partial charge in [-0.1, -0.05) is 117 Å². The summed E-state index contributed by atoms with van der Waals surface area (Å²) in [4.78, 5) is 2.51. The zero-order valence-electron chi connectivity index (χ0n) is 27.1. The SMILES string of the molecule is CCCCCCC(CCCC)COc1cc(-c2cccs2)c(OCC(CCCC)CCCCCC)cc1-c1cccs1. The minimum absolute atomic E-state index is 0.617. The Labute approximate surface area is 266 Å². The molecule has 0 amide bonds. The van der Waals surface area contributed by atoms with Crippen molar-refractivity contribution in [3.05, 3.63) is 47.2 Å². The maximum atomic E-state index is 6.78. The highest BCUT2D eigenvalue weighted by Crippen LogP contribution is 2.44. The normalized spacial score (nSPS) is 12.9. The van der Waals surface area contributed by atoms with Crippen molar-refractivity contribution >= 4 is 22.7 Å². The lowest BCUT2D eigenvalue weighted by Gasteiger charge is -2.22. The van der Waals surface area contributed by atoms with Crippen LogP contribution in [0.25, 0.3) is 20.9 Å². The number of hydrogen-bond donors (Lipinski definition) is 0. The smallest absolute Gasteiger partial charge is 0.128 e. The molecule has 42 heavy (non-hydrogen) atoms. The van der Waals surface area contributed by atoms with Gasteiger partial charge in [-0.2, -0.15) is 0 Å². The summed E-state index contributed by atoms with van der Waals surface area (Å²) < 4.78 is 13.6. The Morgan fingerprint density at radius 3 is 1.29 bits per heavy atom. The molecule has 2 atom stereocenters. The van der Waals surface area contributed by atoms with Gasteiger partial charge in [0.15, 0.2) is 0 Å². The Bertz CT molecular complexity index is 971. The van der Waals surface area contributed by atoms with Crippen LogP contribution >= 0.6 is 22.7 Å². The molecule has 0 bridgehead atoms. The van der Waals surface area contributed by atoms with Crippen LogP contribution < -0.4 is 9.47 Å². The van der Waals surface area contributed by atoms with Gasteiger partial charge >= 0.3 is 0 Å². The lowest BCUT2D eigenvalue weighted by atomic mass is 9.95. The highest BCUT2D eigenvalue weighted by atomic mass is 32.1. The molecule has 3 rings (SSSR count). The highest BCUT2D eigenvalue weighted by molar-refractivity contribution is 7.14. The summed E-state index contributed by atoms with van der Waals surface area (Å²) in [6.45, 7) is 10.8. The lowest BCUT2D eigenvalue weighted by Crippen LogP contribution is -2.14. The molecular weight excluding hydrogens is 553 g/mol. The van der Waals surface area contributed by atoms with Crippen molar-refractivity contribution in [1.29, 1.82) is 0 Å². The lowest BCUT2D eigenvalue weighted by molar-refractivity contribution is 0.221. The van der Waals surface area contributed by atoms with E-state index in [9.17, 15) is 0 Å². The molecule has 0 aliphatic heterocycles. The first-order chi connectivity index (χ1) is 20.7. The summed E-state index contributed by atoms with van der Waals surface area (Å²) in [5.74, 6) is 3.24. The van der Waals surface area contributed by atoms with Crippen molar-refractivity contribution in [3.63, 3.8) is 0 Å². The molecule has 0 radical (unpaired) electrons. The van der Waals surface area contributed by atoms with Crippen molar-refractivity contribution < 1.29 is 9.47 Å². The standard InChI is InChI=1S/C38H58O2S2/c1-5-9-13-15-21-31(19-11-7-3)29-39-35-27-34(38-24-18-26-42-38)36(28-33(35)37-23-17-25-41-37)40-30-32(20-12-8-4)22-16-14-10-6-2/h17-18,23-28,31-32H,5-16,19-22,29-30H2,1-4H3. The van der Waals surface area contributed by atoms with Gasteiger partial charge < -0.3 is 9.47 Å². The predicted octanol–water partition coefficient (Wildman–Crippen LogP) is 13.5. The molecule has 0 saturated heterocycles. The van der Waals surface area contributed by atoms with Gasteiger partial charge in [-0.15, -0.1) is 22.7 Å². The number of rotatable bonds is 24. The van der Waals surface area contributed by atoms with Crippen LogP contribution in [0.5, 0.6) is 11.5 Å². The second kappa shape index (κ2) is 21.0. The average molecular weight is 611 g/mol. The maximum Gasteiger partial charge on any atom is 0.128 e. The van der Waals surface area contributed by atoms with Crippen LogP contribution in [0, 0.1) is 11.8 Å². The number of thiophene rings is 2. The van der Waals surface area contributed by atoms with Crippen LogP contribution in [-0.2, 0) is 0 Å². The fourth-order valence-electron chi connectivity index (χ4n) is 5.79. The fraction of sp³-hybridized carbons (Fsp3) is 0.632. The van der Waals surface area contributed by atoms with Crippen molar-refractivity contribution in [2.75, 3.05) is 13.2 Å². The topological polar surface area (TPSA) is 18.5 Å². The van der Waals surface area contributed by atoms with E-state index in [1.54, 1.807) is 22.7 Å². The van der Waals surface area contributed by atoms with Gasteiger partial charge in [0.25, 0.3) is 0 Å². The summed E-state index contributed by atoms with van der Waals surface area (Å²) in [6.07, 6.45) is 20.7. The number of unbranched alkanes of at least 4 members (excludes halogenated alkanes) is 8. The third kappa shape index (κ3) is 12.1. The van der Waals surface area contributed by atoms with Crippen LogP contribution in [0.1, 0.15) is 130 Å². The zero-order chi connectivity index (χ0) is 29.8. The molecule has 2 unspecified atom stereocenters. The Hall–Kier alpha value is -1.78. The largest absolute Gasteiger partial charge is 0.493 e. The fourth-order valence-corrected chi connectivity index (χ4v) is 7.28. The number of hydrogen-bond acceptors (Lipinski definition) is 4. The first-order valence-electron chi connectivity index (χ1n) is 17.2. The van der Waals surface area contributed by atoms with E-state index in [0.29, 0.717) is 11.8 Å². The number of ether oxygens (including phenoxy) is 2. The van der Waals surface area contributed by atoms with Crippen LogP contribution in [-0.4, -0.2) is 13.2 Å². The molecule has 0 aliphatic carbocycles. The van der Waals surface area contributed by atoms with E-state index in [1.807, 2.05) is 0 Å². The molecule has 2 aromatic heterocycles. The van der Waals surface area contributed by atoms with E-state index in [1.165, 1.54) is 124 Å². The van der Waals surface area contributed by atoms with E-state index in [0.717, 1.165) is 24.7 Å². The summed E-state index contributed by atoms with van der Waals surface area (Å²) in [7, 11) is 0. The molecule has 0 N–H and O–H groups in total. The van der Waals surface area contributed by atoms with Gasteiger partial charge in [-0.3, -0.25) is 0 Å². The number of benzene rings is 1. The van der Waals surface area contributed by atoms with E-state index in [2.05, 4.69) is 74.9 Å². The maximum absolute atomic E-state index is 6.78. The highest BCUT2D eigenvalue weighted by Gasteiger charge is 2.20. The Kier molecular flexibility index (Phi) is 17.4. The van der Waals surface area contributed by atoms with Crippen molar-refractivity contribution in [2.24, 2.45) is 11.8 Å². The predicted molar refractivity (Wildman–Crippen MR) is 188 cm³/mol. The van der Waals surface area contributed by atoms with Crippen molar-refractivity contribution in [3.8, 4) is 32.4 Å². The first-order valence-corrected chi connectivity index (χ1v) is 19.0. The summed E-state index contributed by atoms with van der Waals surface area (Å²) >= 11 is 3.58. The molecule has 0 aliphatic rings. The van der Waals surface area contributed by atoms with Gasteiger partial charge in [0.1, 0.15) is 11.5 Å². The monoisotopic (exact) mass is 610 g/mol. The third-order valence-corrected chi connectivity index (χ3v) is 10.3. The van der Waals surface area contributed by atoms with Gasteiger partial charge in [0.05, 0.1) is 13.2 Å². The summed E-state index contributed by atoms with van der Waals surface area (Å²) in [6, 6.07) is 13.3. The summed E-state index contributed by atoms with van der Waals surface area (Å²) in [5, 5.41) is 4.34. The molecular formula is C38H58O2S2. The minimum atomic E-state index is 0.617. The zero-order valence-corrected chi connectivity index (χ0v) is 28.8. The molecule has 234 valence electrons. The molecule has 0 fully saturated rings. The Morgan fingerprint density at radius 1 is 0.524 bits per heavy atom. The van der Waals surface area contributed by atoms with Gasteiger partial charge in [-0.25, -0.2) is 0 Å². The average Bonchev–Trinajstić information content (AvgIpc) is 3.75. The Balaban J connectivity index is 1.85. The van der Waals surface area contributed by atoms with E-state index in [-0.39, 0.29) is 0 Å². The van der Waals surface area contributed by atoms with Gasteiger partial charge in [0, 0.05) is 20.9 Å². The van der Waals surface area contributed by atoms with Crippen molar-refractivity contribution in [2.45, 2.75) is 130 Å². The molecule has 0 saturated carbocycles. The third-order valence-electron chi connectivity index (χ3n) is 8.47. The molecule has 4 heteroatoms. The van der Waals surface area contributed by atoms with Crippen molar-refractivity contribution in [1.82, 2.24) is 0 Å². The van der Waals surface area contributed by atoms with Gasteiger partial charge in [0.2, 0.25) is 0 Å². The first kappa shape index (κ1) is 34.7. The van der Waals surface area contributed by atoms with Crippen LogP contribution in [0.15, 0.2) is 47.2 Å². The second-order valence-electron chi connectivity index (χ2n) is 12.1. The minimum Gasteiger partial charge on any atom is -0.493 e. The molecule has 3 aromatic rings. The quantitative estimate of drug-likeness (QED) is 0.0939. The van der Waals surface area contributed by atoms with Crippen LogP contribution in [0.2, 0.25) is 0 Å². The van der Waals surface area contributed by atoms with E-state index < -0.39 is 0 Å².